The number of rotatable bonds is 5. The van der Waals surface area contributed by atoms with Crippen LogP contribution in [-0.4, -0.2) is 12.5 Å². The van der Waals surface area contributed by atoms with Gasteiger partial charge in [-0.15, -0.1) is 19.0 Å². The van der Waals surface area contributed by atoms with Gasteiger partial charge in [-0.1, -0.05) is 43.3 Å². The Morgan fingerprint density at radius 2 is 2.06 bits per heavy atom. The molecule has 0 aromatic heterocycles. The lowest BCUT2D eigenvalue weighted by Gasteiger charge is -2.19. The summed E-state index contributed by atoms with van der Waals surface area (Å²) in [4.78, 5) is 11.7. The van der Waals surface area contributed by atoms with E-state index >= 15 is 0 Å². The van der Waals surface area contributed by atoms with E-state index in [1.54, 1.807) is 6.08 Å². The smallest absolute Gasteiger partial charge is 0.224 e. The minimum absolute atomic E-state index is 0. The summed E-state index contributed by atoms with van der Waals surface area (Å²) < 4.78 is 0. The molecule has 1 aromatic rings. The highest BCUT2D eigenvalue weighted by atomic mass is 35.5. The third-order valence-corrected chi connectivity index (χ3v) is 2.56. The topological polar surface area (TPSA) is 55.1 Å². The van der Waals surface area contributed by atoms with Crippen LogP contribution in [0.3, 0.4) is 0 Å². The Balaban J connectivity index is 0.00000256. The lowest BCUT2D eigenvalue weighted by atomic mass is 9.95. The Labute approximate surface area is 109 Å². The van der Waals surface area contributed by atoms with E-state index in [9.17, 15) is 4.79 Å². The molecule has 2 unspecified atom stereocenters. The van der Waals surface area contributed by atoms with Crippen LogP contribution in [0.15, 0.2) is 43.0 Å². The van der Waals surface area contributed by atoms with Gasteiger partial charge < -0.3 is 11.1 Å². The SMILES string of the molecule is C=CCNC(=O)C(C)C(N)c1ccccc1.Cl. The Hall–Kier alpha value is -1.32. The highest BCUT2D eigenvalue weighted by Gasteiger charge is 2.21. The average Bonchev–Trinajstić information content (AvgIpc) is 2.35. The molecule has 0 spiro atoms. The molecule has 0 radical (unpaired) electrons. The summed E-state index contributed by atoms with van der Waals surface area (Å²) in [6.07, 6.45) is 1.65. The number of nitrogens with one attached hydrogen (secondary N) is 1. The molecule has 1 rings (SSSR count). The molecule has 0 aliphatic heterocycles. The molecule has 3 N–H and O–H groups in total. The molecule has 17 heavy (non-hydrogen) atoms. The molecular weight excluding hydrogens is 236 g/mol. The highest BCUT2D eigenvalue weighted by molar-refractivity contribution is 5.85. The lowest BCUT2D eigenvalue weighted by molar-refractivity contribution is -0.124. The molecule has 1 amide bonds. The van der Waals surface area contributed by atoms with Gasteiger partial charge in [-0.05, 0) is 5.56 Å². The molecule has 3 nitrogen and oxygen atoms in total. The van der Waals surface area contributed by atoms with Gasteiger partial charge in [0.2, 0.25) is 5.91 Å². The normalized spacial score (nSPS) is 13.1. The number of hydrogen-bond donors (Lipinski definition) is 2. The van der Waals surface area contributed by atoms with Crippen LogP contribution in [0.4, 0.5) is 0 Å². The van der Waals surface area contributed by atoms with Crippen molar-refractivity contribution < 1.29 is 4.79 Å². The zero-order valence-corrected chi connectivity index (χ0v) is 10.7. The third kappa shape index (κ3) is 4.59. The molecule has 0 aliphatic rings. The predicted molar refractivity (Wildman–Crippen MR) is 73.0 cm³/mol. The number of halogens is 1. The summed E-state index contributed by atoms with van der Waals surface area (Å²) in [5.74, 6) is -0.293. The van der Waals surface area contributed by atoms with Crippen LogP contribution in [0.5, 0.6) is 0 Å². The van der Waals surface area contributed by atoms with Gasteiger partial charge in [0.05, 0.1) is 5.92 Å². The van der Waals surface area contributed by atoms with E-state index in [0.717, 1.165) is 5.56 Å². The van der Waals surface area contributed by atoms with E-state index < -0.39 is 0 Å². The van der Waals surface area contributed by atoms with Crippen molar-refractivity contribution in [2.45, 2.75) is 13.0 Å². The molecule has 1 aromatic carbocycles. The molecule has 2 atom stereocenters. The number of carbonyl (C=O) groups excluding carboxylic acids is 1. The number of benzene rings is 1. The lowest BCUT2D eigenvalue weighted by Crippen LogP contribution is -2.35. The van der Waals surface area contributed by atoms with E-state index in [1.165, 1.54) is 0 Å². The highest BCUT2D eigenvalue weighted by Crippen LogP contribution is 2.18. The number of carbonyl (C=O) groups is 1. The summed E-state index contributed by atoms with van der Waals surface area (Å²) in [5, 5.41) is 2.75. The van der Waals surface area contributed by atoms with Crippen molar-refractivity contribution in [1.82, 2.24) is 5.32 Å². The maximum atomic E-state index is 11.7. The maximum absolute atomic E-state index is 11.7. The Morgan fingerprint density at radius 3 is 2.59 bits per heavy atom. The third-order valence-electron chi connectivity index (χ3n) is 2.56. The van der Waals surface area contributed by atoms with E-state index in [1.807, 2.05) is 37.3 Å². The Kier molecular flexibility index (Phi) is 7.26. The van der Waals surface area contributed by atoms with E-state index in [0.29, 0.717) is 6.54 Å². The van der Waals surface area contributed by atoms with Gasteiger partial charge in [0.25, 0.3) is 0 Å². The average molecular weight is 255 g/mol. The van der Waals surface area contributed by atoms with E-state index in [2.05, 4.69) is 11.9 Å². The van der Waals surface area contributed by atoms with Crippen molar-refractivity contribution in [2.75, 3.05) is 6.54 Å². The maximum Gasteiger partial charge on any atom is 0.224 e. The molecule has 0 saturated carbocycles. The van der Waals surface area contributed by atoms with Crippen molar-refractivity contribution in [3.05, 3.63) is 48.6 Å². The van der Waals surface area contributed by atoms with Crippen LogP contribution < -0.4 is 11.1 Å². The Morgan fingerprint density at radius 1 is 1.47 bits per heavy atom. The first-order valence-corrected chi connectivity index (χ1v) is 5.36. The van der Waals surface area contributed by atoms with Crippen molar-refractivity contribution in [3.8, 4) is 0 Å². The van der Waals surface area contributed by atoms with Crippen LogP contribution in [0.25, 0.3) is 0 Å². The zero-order chi connectivity index (χ0) is 12.0. The van der Waals surface area contributed by atoms with Crippen LogP contribution >= 0.6 is 12.4 Å². The summed E-state index contributed by atoms with van der Waals surface area (Å²) in [5.41, 5.74) is 7.00. The number of amides is 1. The molecule has 4 heteroatoms. The fraction of sp³-hybridized carbons (Fsp3) is 0.308. The van der Waals surface area contributed by atoms with Gasteiger partial charge in [-0.3, -0.25) is 4.79 Å². The predicted octanol–water partition coefficient (Wildman–Crippen LogP) is 2.05. The van der Waals surface area contributed by atoms with E-state index in [4.69, 9.17) is 5.73 Å². The second-order valence-electron chi connectivity index (χ2n) is 3.76. The van der Waals surface area contributed by atoms with Gasteiger partial charge in [0, 0.05) is 12.6 Å². The van der Waals surface area contributed by atoms with Crippen LogP contribution in [0, 0.1) is 5.92 Å². The van der Waals surface area contributed by atoms with Crippen LogP contribution in [0.2, 0.25) is 0 Å². The fourth-order valence-electron chi connectivity index (χ4n) is 1.46. The van der Waals surface area contributed by atoms with E-state index in [-0.39, 0.29) is 30.3 Å². The summed E-state index contributed by atoms with van der Waals surface area (Å²) >= 11 is 0. The Bertz CT molecular complexity index is 354. The minimum atomic E-state index is -0.272. The summed E-state index contributed by atoms with van der Waals surface area (Å²) in [6.45, 7) is 5.86. The first-order valence-electron chi connectivity index (χ1n) is 5.36. The van der Waals surface area contributed by atoms with Gasteiger partial charge >= 0.3 is 0 Å². The van der Waals surface area contributed by atoms with Crippen molar-refractivity contribution in [1.29, 1.82) is 0 Å². The molecule has 0 fully saturated rings. The molecule has 0 aliphatic carbocycles. The second-order valence-corrected chi connectivity index (χ2v) is 3.76. The van der Waals surface area contributed by atoms with Crippen molar-refractivity contribution in [2.24, 2.45) is 11.7 Å². The molecule has 94 valence electrons. The first kappa shape index (κ1) is 15.7. The summed E-state index contributed by atoms with van der Waals surface area (Å²) in [6, 6.07) is 9.36. The standard InChI is InChI=1S/C13H18N2O.ClH/c1-3-9-15-13(16)10(2)12(14)11-7-5-4-6-8-11;/h3-8,10,12H,1,9,14H2,2H3,(H,15,16);1H. The van der Waals surface area contributed by atoms with Crippen LogP contribution in [0.1, 0.15) is 18.5 Å². The monoisotopic (exact) mass is 254 g/mol. The van der Waals surface area contributed by atoms with Gasteiger partial charge in [0.15, 0.2) is 0 Å². The van der Waals surface area contributed by atoms with Gasteiger partial charge in [-0.2, -0.15) is 0 Å². The molecule has 0 heterocycles. The van der Waals surface area contributed by atoms with Gasteiger partial charge in [0.1, 0.15) is 0 Å². The number of hydrogen-bond acceptors (Lipinski definition) is 2. The second kappa shape index (κ2) is 7.87. The first-order chi connectivity index (χ1) is 7.66. The van der Waals surface area contributed by atoms with Gasteiger partial charge in [-0.25, -0.2) is 0 Å². The number of nitrogens with two attached hydrogens (primary N) is 1. The fourth-order valence-corrected chi connectivity index (χ4v) is 1.46. The molecule has 0 saturated heterocycles. The zero-order valence-electron chi connectivity index (χ0n) is 9.93. The van der Waals surface area contributed by atoms with Crippen molar-refractivity contribution in [3.63, 3.8) is 0 Å². The molecular formula is C13H19ClN2O. The van der Waals surface area contributed by atoms with Crippen LogP contribution in [-0.2, 0) is 4.79 Å². The van der Waals surface area contributed by atoms with Crippen molar-refractivity contribution >= 4 is 18.3 Å². The molecule has 0 bridgehead atoms. The minimum Gasteiger partial charge on any atom is -0.352 e. The largest absolute Gasteiger partial charge is 0.352 e. The summed E-state index contributed by atoms with van der Waals surface area (Å²) in [7, 11) is 0. The quantitative estimate of drug-likeness (QED) is 0.791.